The summed E-state index contributed by atoms with van der Waals surface area (Å²) in [4.78, 5) is 33.7. The quantitative estimate of drug-likeness (QED) is 0.618. The Labute approximate surface area is 193 Å². The highest BCUT2D eigenvalue weighted by molar-refractivity contribution is 5.92. The van der Waals surface area contributed by atoms with Gasteiger partial charge in [-0.2, -0.15) is 0 Å². The van der Waals surface area contributed by atoms with Crippen LogP contribution in [0, 0.1) is 12.8 Å². The molecule has 1 aliphatic heterocycles. The second-order valence-electron chi connectivity index (χ2n) is 9.19. The maximum absolute atomic E-state index is 13.5. The molecule has 1 amide bonds. The van der Waals surface area contributed by atoms with E-state index in [1.54, 1.807) is 18.6 Å². The SMILES string of the molecule is CCn1c(-c2cnc(C)nc2)nc2c(NC(C(=O)N3C[C@@H](C)O[C@@H](C)C3)C3CC3)ccnc21. The van der Waals surface area contributed by atoms with Gasteiger partial charge in [0.05, 0.1) is 23.5 Å². The molecule has 9 nitrogen and oxygen atoms in total. The molecular weight excluding hydrogens is 418 g/mol. The molecular formula is C24H31N7O2. The number of anilines is 1. The van der Waals surface area contributed by atoms with E-state index in [-0.39, 0.29) is 24.2 Å². The summed E-state index contributed by atoms with van der Waals surface area (Å²) in [6, 6.07) is 1.64. The lowest BCUT2D eigenvalue weighted by Gasteiger charge is -2.37. The summed E-state index contributed by atoms with van der Waals surface area (Å²) in [5, 5.41) is 3.56. The van der Waals surface area contributed by atoms with Crippen molar-refractivity contribution in [3.8, 4) is 11.4 Å². The summed E-state index contributed by atoms with van der Waals surface area (Å²) in [5.74, 6) is 1.98. The van der Waals surface area contributed by atoms with Crippen LogP contribution in [0.5, 0.6) is 0 Å². The van der Waals surface area contributed by atoms with Crippen molar-refractivity contribution in [1.29, 1.82) is 0 Å². The van der Waals surface area contributed by atoms with Gasteiger partial charge in [0.25, 0.3) is 0 Å². The van der Waals surface area contributed by atoms with E-state index in [4.69, 9.17) is 9.72 Å². The van der Waals surface area contributed by atoms with Crippen LogP contribution >= 0.6 is 0 Å². The summed E-state index contributed by atoms with van der Waals surface area (Å²) >= 11 is 0. The Hall–Kier alpha value is -3.07. The third-order valence-electron chi connectivity index (χ3n) is 6.39. The van der Waals surface area contributed by atoms with Crippen molar-refractivity contribution in [3.05, 3.63) is 30.5 Å². The van der Waals surface area contributed by atoms with Gasteiger partial charge in [-0.3, -0.25) is 4.79 Å². The number of carbonyl (C=O) groups is 1. The molecule has 0 radical (unpaired) electrons. The van der Waals surface area contributed by atoms with Gasteiger partial charge in [-0.25, -0.2) is 19.9 Å². The zero-order valence-corrected chi connectivity index (χ0v) is 19.7. The highest BCUT2D eigenvalue weighted by atomic mass is 16.5. The first-order valence-corrected chi connectivity index (χ1v) is 11.8. The predicted octanol–water partition coefficient (Wildman–Crippen LogP) is 3.04. The van der Waals surface area contributed by atoms with Crippen molar-refractivity contribution < 1.29 is 9.53 Å². The number of carbonyl (C=O) groups excluding carboxylic acids is 1. The monoisotopic (exact) mass is 449 g/mol. The number of imidazole rings is 1. The number of morpholine rings is 1. The molecule has 3 aromatic heterocycles. The van der Waals surface area contributed by atoms with E-state index in [1.165, 1.54) is 0 Å². The van der Waals surface area contributed by atoms with Gasteiger partial charge < -0.3 is 19.5 Å². The molecule has 33 heavy (non-hydrogen) atoms. The molecule has 2 fully saturated rings. The van der Waals surface area contributed by atoms with Crippen LogP contribution < -0.4 is 5.32 Å². The summed E-state index contributed by atoms with van der Waals surface area (Å²) < 4.78 is 7.89. The van der Waals surface area contributed by atoms with Crippen LogP contribution in [0.3, 0.4) is 0 Å². The Kier molecular flexibility index (Phi) is 5.74. The Morgan fingerprint density at radius 1 is 1.18 bits per heavy atom. The lowest BCUT2D eigenvalue weighted by atomic mass is 10.1. The Morgan fingerprint density at radius 3 is 2.52 bits per heavy atom. The fourth-order valence-corrected chi connectivity index (χ4v) is 4.69. The Balaban J connectivity index is 1.48. The van der Waals surface area contributed by atoms with Gasteiger partial charge in [-0.15, -0.1) is 0 Å². The molecule has 0 bridgehead atoms. The van der Waals surface area contributed by atoms with Gasteiger partial charge in [0.2, 0.25) is 5.91 Å². The molecule has 1 saturated heterocycles. The fraction of sp³-hybridized carbons (Fsp3) is 0.542. The van der Waals surface area contributed by atoms with E-state index >= 15 is 0 Å². The van der Waals surface area contributed by atoms with Crippen LogP contribution in [-0.2, 0) is 16.1 Å². The van der Waals surface area contributed by atoms with Crippen LogP contribution in [0.2, 0.25) is 0 Å². The van der Waals surface area contributed by atoms with E-state index in [9.17, 15) is 4.79 Å². The summed E-state index contributed by atoms with van der Waals surface area (Å²) in [6.45, 7) is 9.94. The second kappa shape index (κ2) is 8.70. The maximum Gasteiger partial charge on any atom is 0.245 e. The minimum Gasteiger partial charge on any atom is -0.372 e. The number of aromatic nitrogens is 5. The lowest BCUT2D eigenvalue weighted by Crippen LogP contribution is -2.53. The molecule has 3 atom stereocenters. The summed E-state index contributed by atoms with van der Waals surface area (Å²) in [6.07, 6.45) is 7.57. The number of rotatable bonds is 6. The smallest absolute Gasteiger partial charge is 0.245 e. The average molecular weight is 450 g/mol. The number of pyridine rings is 1. The number of hydrogen-bond donors (Lipinski definition) is 1. The Morgan fingerprint density at radius 2 is 1.88 bits per heavy atom. The van der Waals surface area contributed by atoms with E-state index in [2.05, 4.69) is 31.8 Å². The normalized spacial score (nSPS) is 21.9. The van der Waals surface area contributed by atoms with Gasteiger partial charge in [0, 0.05) is 38.2 Å². The third kappa shape index (κ3) is 4.29. The standard InChI is InChI=1S/C24H31N7O2/c1-5-31-22(18-10-26-16(4)27-11-18)29-21-19(8-9-25-23(21)31)28-20(17-6-7-17)24(32)30-12-14(2)33-15(3)13-30/h8-11,14-15,17,20H,5-7,12-13H2,1-4H3,(H,25,28)/t14-,15+,20?. The van der Waals surface area contributed by atoms with Crippen LogP contribution in [-0.4, -0.2) is 66.6 Å². The number of nitrogens with one attached hydrogen (secondary N) is 1. The van der Waals surface area contributed by atoms with Crippen molar-refractivity contribution in [3.63, 3.8) is 0 Å². The minimum absolute atomic E-state index is 0.0460. The fourth-order valence-electron chi connectivity index (χ4n) is 4.69. The van der Waals surface area contributed by atoms with Gasteiger partial charge in [-0.1, -0.05) is 0 Å². The van der Waals surface area contributed by atoms with E-state index in [1.807, 2.05) is 31.7 Å². The molecule has 9 heteroatoms. The van der Waals surface area contributed by atoms with E-state index in [0.29, 0.717) is 25.6 Å². The van der Waals surface area contributed by atoms with E-state index in [0.717, 1.165) is 46.9 Å². The molecule has 1 N–H and O–H groups in total. The number of fused-ring (bicyclic) bond motifs is 1. The van der Waals surface area contributed by atoms with Gasteiger partial charge in [0.15, 0.2) is 5.65 Å². The number of hydrogen-bond acceptors (Lipinski definition) is 7. The molecule has 0 aromatic carbocycles. The van der Waals surface area contributed by atoms with E-state index < -0.39 is 0 Å². The molecule has 4 heterocycles. The number of aryl methyl sites for hydroxylation is 2. The zero-order valence-electron chi connectivity index (χ0n) is 19.7. The first-order chi connectivity index (χ1) is 15.9. The first-order valence-electron chi connectivity index (χ1n) is 11.8. The average Bonchev–Trinajstić information content (AvgIpc) is 3.56. The van der Waals surface area contributed by atoms with Crippen LogP contribution in [0.4, 0.5) is 5.69 Å². The zero-order chi connectivity index (χ0) is 23.1. The van der Waals surface area contributed by atoms with Gasteiger partial charge >= 0.3 is 0 Å². The van der Waals surface area contributed by atoms with Crippen molar-refractivity contribution in [2.75, 3.05) is 18.4 Å². The van der Waals surface area contributed by atoms with Crippen molar-refractivity contribution in [2.45, 2.75) is 65.3 Å². The van der Waals surface area contributed by atoms with Crippen molar-refractivity contribution >= 4 is 22.8 Å². The first kappa shape index (κ1) is 21.8. The molecule has 5 rings (SSSR count). The van der Waals surface area contributed by atoms with Crippen LogP contribution in [0.1, 0.15) is 39.4 Å². The number of amides is 1. The lowest BCUT2D eigenvalue weighted by molar-refractivity contribution is -0.144. The number of ether oxygens (including phenoxy) is 1. The third-order valence-corrected chi connectivity index (χ3v) is 6.39. The highest BCUT2D eigenvalue weighted by Crippen LogP contribution is 2.37. The number of nitrogens with zero attached hydrogens (tertiary/aromatic N) is 6. The van der Waals surface area contributed by atoms with Crippen LogP contribution in [0.25, 0.3) is 22.6 Å². The summed E-state index contributed by atoms with van der Waals surface area (Å²) in [7, 11) is 0. The van der Waals surface area contributed by atoms with Gasteiger partial charge in [-0.05, 0) is 52.5 Å². The van der Waals surface area contributed by atoms with Crippen LogP contribution in [0.15, 0.2) is 24.7 Å². The molecule has 0 spiro atoms. The maximum atomic E-state index is 13.5. The molecule has 174 valence electrons. The second-order valence-corrected chi connectivity index (χ2v) is 9.19. The molecule has 1 saturated carbocycles. The highest BCUT2D eigenvalue weighted by Gasteiger charge is 2.40. The molecule has 3 aromatic rings. The summed E-state index contributed by atoms with van der Waals surface area (Å²) in [5.41, 5.74) is 3.23. The minimum atomic E-state index is -0.272. The van der Waals surface area contributed by atoms with Crippen molar-refractivity contribution in [2.24, 2.45) is 5.92 Å². The molecule has 1 unspecified atom stereocenters. The molecule has 1 aliphatic carbocycles. The van der Waals surface area contributed by atoms with Gasteiger partial charge in [0.1, 0.15) is 23.2 Å². The topological polar surface area (TPSA) is 98.1 Å². The largest absolute Gasteiger partial charge is 0.372 e. The predicted molar refractivity (Wildman–Crippen MR) is 126 cm³/mol. The van der Waals surface area contributed by atoms with Crippen molar-refractivity contribution in [1.82, 2.24) is 29.4 Å². The Bertz CT molecular complexity index is 1150. The molecule has 2 aliphatic rings.